The first kappa shape index (κ1) is 12.6. The van der Waals surface area contributed by atoms with Gasteiger partial charge in [0.1, 0.15) is 0 Å². The SMILES string of the molecule is OCc1ccc(NCc2ccc3ccccc3n2)cc1. The summed E-state index contributed by atoms with van der Waals surface area (Å²) in [5.41, 5.74) is 3.97. The Balaban J connectivity index is 1.72. The van der Waals surface area contributed by atoms with Crippen molar-refractivity contribution in [2.24, 2.45) is 0 Å². The van der Waals surface area contributed by atoms with E-state index in [1.807, 2.05) is 48.5 Å². The van der Waals surface area contributed by atoms with Crippen LogP contribution < -0.4 is 5.32 Å². The van der Waals surface area contributed by atoms with Gasteiger partial charge in [0.05, 0.1) is 24.4 Å². The molecule has 0 unspecified atom stereocenters. The molecule has 1 heterocycles. The number of para-hydroxylation sites is 1. The molecule has 2 N–H and O–H groups in total. The molecule has 3 heteroatoms. The third kappa shape index (κ3) is 2.78. The van der Waals surface area contributed by atoms with E-state index in [4.69, 9.17) is 5.11 Å². The predicted octanol–water partition coefficient (Wildman–Crippen LogP) is 3.34. The van der Waals surface area contributed by atoms with Crippen LogP contribution in [0.5, 0.6) is 0 Å². The van der Waals surface area contributed by atoms with Gasteiger partial charge in [0.15, 0.2) is 0 Å². The van der Waals surface area contributed by atoms with Gasteiger partial charge in [-0.3, -0.25) is 4.98 Å². The second-order valence-corrected chi connectivity index (χ2v) is 4.70. The molecule has 20 heavy (non-hydrogen) atoms. The van der Waals surface area contributed by atoms with E-state index >= 15 is 0 Å². The number of aliphatic hydroxyl groups excluding tert-OH is 1. The number of rotatable bonds is 4. The van der Waals surface area contributed by atoms with E-state index in [1.54, 1.807) is 0 Å². The summed E-state index contributed by atoms with van der Waals surface area (Å²) in [6.45, 7) is 0.760. The van der Waals surface area contributed by atoms with Gasteiger partial charge in [0.2, 0.25) is 0 Å². The Bertz CT molecular complexity index is 708. The molecule has 0 spiro atoms. The summed E-state index contributed by atoms with van der Waals surface area (Å²) in [5, 5.41) is 13.5. The monoisotopic (exact) mass is 264 g/mol. The van der Waals surface area contributed by atoms with Gasteiger partial charge < -0.3 is 10.4 Å². The number of hydrogen-bond donors (Lipinski definition) is 2. The van der Waals surface area contributed by atoms with Crippen LogP contribution in [-0.4, -0.2) is 10.1 Å². The molecule has 1 aromatic heterocycles. The van der Waals surface area contributed by atoms with Crippen LogP contribution in [0, 0.1) is 0 Å². The van der Waals surface area contributed by atoms with Crippen LogP contribution in [0.3, 0.4) is 0 Å². The number of aliphatic hydroxyl groups is 1. The van der Waals surface area contributed by atoms with E-state index in [-0.39, 0.29) is 6.61 Å². The molecule has 0 amide bonds. The molecule has 3 rings (SSSR count). The van der Waals surface area contributed by atoms with Gasteiger partial charge in [-0.2, -0.15) is 0 Å². The number of benzene rings is 2. The first-order valence-corrected chi connectivity index (χ1v) is 6.63. The summed E-state index contributed by atoms with van der Waals surface area (Å²) in [6.07, 6.45) is 0. The molecule has 0 radical (unpaired) electrons. The van der Waals surface area contributed by atoms with Crippen LogP contribution in [-0.2, 0) is 13.2 Å². The molecule has 0 aliphatic rings. The molecule has 3 nitrogen and oxygen atoms in total. The Morgan fingerprint density at radius 3 is 2.50 bits per heavy atom. The molecule has 100 valence electrons. The molecule has 0 saturated heterocycles. The second kappa shape index (κ2) is 5.72. The lowest BCUT2D eigenvalue weighted by molar-refractivity contribution is 0.282. The van der Waals surface area contributed by atoms with Gasteiger partial charge in [0, 0.05) is 11.1 Å². The number of nitrogens with zero attached hydrogens (tertiary/aromatic N) is 1. The highest BCUT2D eigenvalue weighted by atomic mass is 16.3. The minimum absolute atomic E-state index is 0.0759. The maximum Gasteiger partial charge on any atom is 0.0706 e. The number of anilines is 1. The third-order valence-electron chi connectivity index (χ3n) is 3.27. The van der Waals surface area contributed by atoms with Crippen LogP contribution in [0.1, 0.15) is 11.3 Å². The number of pyridine rings is 1. The average Bonchev–Trinajstić information content (AvgIpc) is 2.53. The number of hydrogen-bond acceptors (Lipinski definition) is 3. The van der Waals surface area contributed by atoms with Gasteiger partial charge in [-0.1, -0.05) is 36.4 Å². The standard InChI is InChI=1S/C17H16N2O/c20-12-13-5-8-15(9-6-13)18-11-16-10-7-14-3-1-2-4-17(14)19-16/h1-10,18,20H,11-12H2. The molecule has 0 atom stereocenters. The fourth-order valence-corrected chi connectivity index (χ4v) is 2.13. The zero-order valence-corrected chi connectivity index (χ0v) is 11.1. The largest absolute Gasteiger partial charge is 0.392 e. The lowest BCUT2D eigenvalue weighted by atomic mass is 10.2. The normalized spacial score (nSPS) is 10.7. The molecular weight excluding hydrogens is 248 g/mol. The molecule has 0 aliphatic heterocycles. The van der Waals surface area contributed by atoms with Crippen molar-refractivity contribution in [1.82, 2.24) is 4.98 Å². The predicted molar refractivity (Wildman–Crippen MR) is 81.4 cm³/mol. The maximum atomic E-state index is 9.01. The number of fused-ring (bicyclic) bond motifs is 1. The molecule has 0 bridgehead atoms. The van der Waals surface area contributed by atoms with Crippen LogP contribution in [0.4, 0.5) is 5.69 Å². The number of nitrogens with one attached hydrogen (secondary N) is 1. The van der Waals surface area contributed by atoms with Gasteiger partial charge in [-0.15, -0.1) is 0 Å². The summed E-state index contributed by atoms with van der Waals surface area (Å²) >= 11 is 0. The van der Waals surface area contributed by atoms with Crippen LogP contribution >= 0.6 is 0 Å². The highest BCUT2D eigenvalue weighted by Crippen LogP contribution is 2.14. The Kier molecular flexibility index (Phi) is 3.61. The minimum Gasteiger partial charge on any atom is -0.392 e. The molecule has 0 fully saturated rings. The highest BCUT2D eigenvalue weighted by molar-refractivity contribution is 5.78. The van der Waals surface area contributed by atoms with Crippen LogP contribution in [0.25, 0.3) is 10.9 Å². The zero-order valence-electron chi connectivity index (χ0n) is 11.1. The van der Waals surface area contributed by atoms with E-state index in [2.05, 4.69) is 22.4 Å². The van der Waals surface area contributed by atoms with Gasteiger partial charge >= 0.3 is 0 Å². The van der Waals surface area contributed by atoms with E-state index in [1.165, 1.54) is 0 Å². The second-order valence-electron chi connectivity index (χ2n) is 4.70. The molecule has 2 aromatic carbocycles. The topological polar surface area (TPSA) is 45.1 Å². The summed E-state index contributed by atoms with van der Waals surface area (Å²) in [4.78, 5) is 4.62. The highest BCUT2D eigenvalue weighted by Gasteiger charge is 1.98. The lowest BCUT2D eigenvalue weighted by Crippen LogP contribution is -2.01. The fraction of sp³-hybridized carbons (Fsp3) is 0.118. The quantitative estimate of drug-likeness (QED) is 0.759. The first-order valence-electron chi connectivity index (χ1n) is 6.63. The minimum atomic E-state index is 0.0759. The summed E-state index contributed by atoms with van der Waals surface area (Å²) in [5.74, 6) is 0. The first-order chi connectivity index (χ1) is 9.85. The number of aromatic nitrogens is 1. The fourth-order valence-electron chi connectivity index (χ4n) is 2.13. The Hall–Kier alpha value is -2.39. The molecule has 0 aliphatic carbocycles. The molecular formula is C17H16N2O. The van der Waals surface area contributed by atoms with Gasteiger partial charge in [-0.25, -0.2) is 0 Å². The summed E-state index contributed by atoms with van der Waals surface area (Å²) in [7, 11) is 0. The van der Waals surface area contributed by atoms with Crippen molar-refractivity contribution in [3.8, 4) is 0 Å². The zero-order chi connectivity index (χ0) is 13.8. The van der Waals surface area contributed by atoms with E-state index in [9.17, 15) is 0 Å². The van der Waals surface area contributed by atoms with Gasteiger partial charge in [0.25, 0.3) is 0 Å². The van der Waals surface area contributed by atoms with Gasteiger partial charge in [-0.05, 0) is 29.8 Å². The Morgan fingerprint density at radius 2 is 1.70 bits per heavy atom. The van der Waals surface area contributed by atoms with Crippen molar-refractivity contribution < 1.29 is 5.11 Å². The van der Waals surface area contributed by atoms with Crippen molar-refractivity contribution in [2.45, 2.75) is 13.2 Å². The van der Waals surface area contributed by atoms with Crippen molar-refractivity contribution in [1.29, 1.82) is 0 Å². The smallest absolute Gasteiger partial charge is 0.0706 e. The van der Waals surface area contributed by atoms with E-state index < -0.39 is 0 Å². The third-order valence-corrected chi connectivity index (χ3v) is 3.27. The van der Waals surface area contributed by atoms with Crippen molar-refractivity contribution in [2.75, 3.05) is 5.32 Å². The Morgan fingerprint density at radius 1 is 0.900 bits per heavy atom. The van der Waals surface area contributed by atoms with Crippen LogP contribution in [0.15, 0.2) is 60.7 Å². The van der Waals surface area contributed by atoms with E-state index in [0.717, 1.165) is 27.8 Å². The summed E-state index contributed by atoms with van der Waals surface area (Å²) in [6, 6.07) is 20.0. The van der Waals surface area contributed by atoms with Crippen molar-refractivity contribution in [3.63, 3.8) is 0 Å². The molecule has 3 aromatic rings. The average molecular weight is 264 g/mol. The summed E-state index contributed by atoms with van der Waals surface area (Å²) < 4.78 is 0. The van der Waals surface area contributed by atoms with Crippen LogP contribution in [0.2, 0.25) is 0 Å². The van der Waals surface area contributed by atoms with E-state index in [0.29, 0.717) is 6.54 Å². The lowest BCUT2D eigenvalue weighted by Gasteiger charge is -2.07. The Labute approximate surface area is 117 Å². The van der Waals surface area contributed by atoms with Crippen molar-refractivity contribution in [3.05, 3.63) is 71.9 Å². The maximum absolute atomic E-state index is 9.01. The molecule has 0 saturated carbocycles. The van der Waals surface area contributed by atoms with Crippen molar-refractivity contribution >= 4 is 16.6 Å².